The Balaban J connectivity index is 1.45. The summed E-state index contributed by atoms with van der Waals surface area (Å²) in [5, 5.41) is 11.5. The van der Waals surface area contributed by atoms with Crippen molar-refractivity contribution >= 4 is 46.5 Å². The van der Waals surface area contributed by atoms with Crippen molar-refractivity contribution in [1.29, 1.82) is 0 Å². The van der Waals surface area contributed by atoms with Gasteiger partial charge in [0.15, 0.2) is 0 Å². The lowest BCUT2D eigenvalue weighted by Crippen LogP contribution is -2.19. The van der Waals surface area contributed by atoms with Crippen molar-refractivity contribution in [2.45, 2.75) is 36.6 Å². The Hall–Kier alpha value is -3.10. The molecule has 2 aromatic heterocycles. The normalized spacial score (nSPS) is 10.9. The third-order valence-corrected chi connectivity index (χ3v) is 5.80. The van der Waals surface area contributed by atoms with Gasteiger partial charge in [-0.05, 0) is 61.4 Å². The summed E-state index contributed by atoms with van der Waals surface area (Å²) in [7, 11) is 0. The lowest BCUT2D eigenvalue weighted by atomic mass is 10.2. The first-order valence-electron chi connectivity index (χ1n) is 9.83. The van der Waals surface area contributed by atoms with E-state index in [0.29, 0.717) is 22.2 Å². The molecular weight excluding hydrogens is 432 g/mol. The van der Waals surface area contributed by atoms with E-state index < -0.39 is 0 Å². The van der Waals surface area contributed by atoms with Gasteiger partial charge in [0.05, 0.1) is 0 Å². The lowest BCUT2D eigenvalue weighted by molar-refractivity contribution is 0.262. The van der Waals surface area contributed by atoms with Crippen molar-refractivity contribution < 1.29 is 4.79 Å². The van der Waals surface area contributed by atoms with Crippen LogP contribution in [0.2, 0.25) is 5.02 Å². The van der Waals surface area contributed by atoms with Gasteiger partial charge < -0.3 is 10.6 Å². The molecule has 9 heteroatoms. The Kier molecular flexibility index (Phi) is 6.39. The zero-order chi connectivity index (χ0) is 21.8. The minimum atomic E-state index is -0.326. The van der Waals surface area contributed by atoms with E-state index in [1.165, 1.54) is 6.33 Å². The highest BCUT2D eigenvalue weighted by atomic mass is 35.5. The topological polar surface area (TPSA) is 84.2 Å². The average molecular weight is 453 g/mol. The standard InChI is InChI=1S/C22H21ClN6OS/c1-3-4-17-12-20(29-21(26-17)24-13-25-29)31-18-9-7-16(8-10-18)27-22(30)28-19-11-15(23)6-5-14(19)2/h5-13H,3-4H2,1-2H3,(H2,27,28,30). The van der Waals surface area contributed by atoms with Gasteiger partial charge in [0.2, 0.25) is 0 Å². The average Bonchev–Trinajstić information content (AvgIpc) is 3.21. The van der Waals surface area contributed by atoms with Gasteiger partial charge >= 0.3 is 6.03 Å². The number of aryl methyl sites for hydroxylation is 2. The third kappa shape index (κ3) is 5.15. The summed E-state index contributed by atoms with van der Waals surface area (Å²) in [4.78, 5) is 22.1. The van der Waals surface area contributed by atoms with Crippen LogP contribution in [0.5, 0.6) is 0 Å². The number of urea groups is 1. The number of nitrogens with zero attached hydrogens (tertiary/aromatic N) is 4. The molecule has 4 aromatic rings. The van der Waals surface area contributed by atoms with Gasteiger partial charge in [0.1, 0.15) is 11.4 Å². The molecule has 0 fully saturated rings. The van der Waals surface area contributed by atoms with Gasteiger partial charge in [0, 0.05) is 27.0 Å². The molecule has 2 aromatic carbocycles. The molecule has 0 unspecified atom stereocenters. The van der Waals surface area contributed by atoms with E-state index >= 15 is 0 Å². The number of nitrogens with one attached hydrogen (secondary N) is 2. The van der Waals surface area contributed by atoms with Gasteiger partial charge in [-0.25, -0.2) is 9.78 Å². The number of fused-ring (bicyclic) bond motifs is 1. The molecule has 0 saturated carbocycles. The first-order chi connectivity index (χ1) is 15.0. The second-order valence-electron chi connectivity index (χ2n) is 6.97. The SMILES string of the molecule is CCCc1cc(Sc2ccc(NC(=O)Nc3cc(Cl)ccc3C)cc2)n2ncnc2n1. The monoisotopic (exact) mass is 452 g/mol. The molecule has 2 amide bonds. The maximum absolute atomic E-state index is 12.3. The van der Waals surface area contributed by atoms with Crippen molar-refractivity contribution in [3.63, 3.8) is 0 Å². The van der Waals surface area contributed by atoms with Crippen molar-refractivity contribution in [2.75, 3.05) is 10.6 Å². The Morgan fingerprint density at radius 3 is 2.71 bits per heavy atom. The second-order valence-corrected chi connectivity index (χ2v) is 8.50. The summed E-state index contributed by atoms with van der Waals surface area (Å²) in [6.07, 6.45) is 3.41. The molecule has 0 saturated heterocycles. The number of hydrogen-bond donors (Lipinski definition) is 2. The number of carbonyl (C=O) groups excluding carboxylic acids is 1. The smallest absolute Gasteiger partial charge is 0.308 e. The van der Waals surface area contributed by atoms with Crippen LogP contribution < -0.4 is 10.6 Å². The molecule has 0 aliphatic rings. The number of rotatable bonds is 6. The second kappa shape index (κ2) is 9.36. The van der Waals surface area contributed by atoms with Crippen LogP contribution in [-0.2, 0) is 6.42 Å². The number of amides is 2. The fraction of sp³-hybridized carbons (Fsp3) is 0.182. The maximum atomic E-state index is 12.3. The van der Waals surface area contributed by atoms with Crippen LogP contribution in [0.1, 0.15) is 24.6 Å². The predicted molar refractivity (Wildman–Crippen MR) is 124 cm³/mol. The molecule has 2 heterocycles. The van der Waals surface area contributed by atoms with Crippen LogP contribution in [0, 0.1) is 6.92 Å². The summed E-state index contributed by atoms with van der Waals surface area (Å²) in [5.41, 5.74) is 3.30. The van der Waals surface area contributed by atoms with Crippen molar-refractivity contribution in [3.8, 4) is 0 Å². The van der Waals surface area contributed by atoms with Gasteiger partial charge in [0.25, 0.3) is 5.78 Å². The zero-order valence-corrected chi connectivity index (χ0v) is 18.7. The molecule has 0 aliphatic carbocycles. The van der Waals surface area contributed by atoms with Crippen LogP contribution >= 0.6 is 23.4 Å². The van der Waals surface area contributed by atoms with E-state index in [4.69, 9.17) is 11.6 Å². The van der Waals surface area contributed by atoms with E-state index in [2.05, 4.69) is 32.6 Å². The summed E-state index contributed by atoms with van der Waals surface area (Å²) in [5.74, 6) is 0.597. The summed E-state index contributed by atoms with van der Waals surface area (Å²) in [6.45, 7) is 4.03. The van der Waals surface area contributed by atoms with E-state index in [1.54, 1.807) is 28.4 Å². The first-order valence-corrected chi connectivity index (χ1v) is 11.0. The quantitative estimate of drug-likeness (QED) is 0.359. The minimum absolute atomic E-state index is 0.326. The van der Waals surface area contributed by atoms with E-state index in [1.807, 2.05) is 43.3 Å². The molecule has 0 aliphatic heterocycles. The fourth-order valence-electron chi connectivity index (χ4n) is 3.03. The molecule has 0 spiro atoms. The Morgan fingerprint density at radius 1 is 1.13 bits per heavy atom. The molecule has 7 nitrogen and oxygen atoms in total. The van der Waals surface area contributed by atoms with E-state index in [9.17, 15) is 4.79 Å². The van der Waals surface area contributed by atoms with E-state index in [0.717, 1.165) is 34.0 Å². The molecule has 31 heavy (non-hydrogen) atoms. The number of benzene rings is 2. The van der Waals surface area contributed by atoms with Crippen molar-refractivity contribution in [1.82, 2.24) is 19.6 Å². The predicted octanol–water partition coefficient (Wildman–Crippen LogP) is 5.83. The highest BCUT2D eigenvalue weighted by Crippen LogP contribution is 2.29. The Morgan fingerprint density at radius 2 is 1.94 bits per heavy atom. The van der Waals surface area contributed by atoms with E-state index in [-0.39, 0.29) is 6.03 Å². The maximum Gasteiger partial charge on any atom is 0.323 e. The Bertz CT molecular complexity index is 1220. The van der Waals surface area contributed by atoms with Crippen LogP contribution in [0.4, 0.5) is 16.2 Å². The lowest BCUT2D eigenvalue weighted by Gasteiger charge is -2.11. The summed E-state index contributed by atoms with van der Waals surface area (Å²) in [6, 6.07) is 14.7. The number of aromatic nitrogens is 4. The van der Waals surface area contributed by atoms with Crippen molar-refractivity contribution in [3.05, 3.63) is 71.1 Å². The molecule has 2 N–H and O–H groups in total. The largest absolute Gasteiger partial charge is 0.323 e. The molecular formula is C22H21ClN6OS. The van der Waals surface area contributed by atoms with Crippen LogP contribution in [0.25, 0.3) is 5.78 Å². The molecule has 0 radical (unpaired) electrons. The van der Waals surface area contributed by atoms with Crippen LogP contribution in [0.3, 0.4) is 0 Å². The number of halogens is 1. The highest BCUT2D eigenvalue weighted by molar-refractivity contribution is 7.99. The Labute approximate surface area is 189 Å². The molecule has 0 bridgehead atoms. The fourth-order valence-corrected chi connectivity index (χ4v) is 4.13. The van der Waals surface area contributed by atoms with Gasteiger partial charge in [-0.1, -0.05) is 42.8 Å². The number of hydrogen-bond acceptors (Lipinski definition) is 5. The summed E-state index contributed by atoms with van der Waals surface area (Å²) >= 11 is 7.59. The van der Waals surface area contributed by atoms with Crippen molar-refractivity contribution in [2.24, 2.45) is 0 Å². The zero-order valence-electron chi connectivity index (χ0n) is 17.1. The van der Waals surface area contributed by atoms with Gasteiger partial charge in [-0.2, -0.15) is 14.6 Å². The number of anilines is 2. The molecule has 0 atom stereocenters. The highest BCUT2D eigenvalue weighted by Gasteiger charge is 2.10. The summed E-state index contributed by atoms with van der Waals surface area (Å²) < 4.78 is 1.73. The van der Waals surface area contributed by atoms with Crippen LogP contribution in [0.15, 0.2) is 64.8 Å². The van der Waals surface area contributed by atoms with Crippen LogP contribution in [-0.4, -0.2) is 25.6 Å². The number of carbonyl (C=O) groups is 1. The van der Waals surface area contributed by atoms with Gasteiger partial charge in [-0.3, -0.25) is 0 Å². The molecule has 4 rings (SSSR count). The van der Waals surface area contributed by atoms with Gasteiger partial charge in [-0.15, -0.1) is 0 Å². The minimum Gasteiger partial charge on any atom is -0.308 e. The molecule has 158 valence electrons. The third-order valence-electron chi connectivity index (χ3n) is 4.56. The first kappa shape index (κ1) is 21.1.